The first-order valence-corrected chi connectivity index (χ1v) is 4.53. The maximum atomic E-state index is 11.4. The van der Waals surface area contributed by atoms with E-state index in [1.54, 1.807) is 12.1 Å². The minimum absolute atomic E-state index is 0.0466. The molecule has 1 N–H and O–H groups in total. The maximum absolute atomic E-state index is 11.4. The van der Waals surface area contributed by atoms with Gasteiger partial charge in [-0.1, -0.05) is 17.7 Å². The number of hydrogen-bond donors (Lipinski definition) is 1. The molecular formula is C10H7ClO3. The first-order chi connectivity index (χ1) is 6.59. The van der Waals surface area contributed by atoms with Crippen LogP contribution in [0.25, 0.3) is 0 Å². The van der Waals surface area contributed by atoms with Gasteiger partial charge in [0, 0.05) is 17.0 Å². The van der Waals surface area contributed by atoms with Crippen LogP contribution in [0.4, 0.5) is 0 Å². The lowest BCUT2D eigenvalue weighted by atomic mass is 10.0. The second-order valence-electron chi connectivity index (χ2n) is 3.25. The van der Waals surface area contributed by atoms with Crippen molar-refractivity contribution in [3.8, 4) is 0 Å². The van der Waals surface area contributed by atoms with Crippen LogP contribution in [0.5, 0.6) is 0 Å². The first kappa shape index (κ1) is 9.21. The topological polar surface area (TPSA) is 54.4 Å². The highest BCUT2D eigenvalue weighted by Gasteiger charge is 2.34. The van der Waals surface area contributed by atoms with Gasteiger partial charge in [-0.05, 0) is 17.7 Å². The summed E-state index contributed by atoms with van der Waals surface area (Å²) in [5, 5.41) is 9.32. The lowest BCUT2D eigenvalue weighted by Gasteiger charge is -2.03. The minimum atomic E-state index is -0.959. The molecule has 72 valence electrons. The van der Waals surface area contributed by atoms with Gasteiger partial charge in [-0.2, -0.15) is 0 Å². The van der Waals surface area contributed by atoms with Crippen molar-refractivity contribution in [1.82, 2.24) is 0 Å². The van der Waals surface area contributed by atoms with Crippen LogP contribution >= 0.6 is 11.6 Å². The number of rotatable bonds is 1. The third-order valence-corrected chi connectivity index (χ3v) is 2.61. The van der Waals surface area contributed by atoms with Gasteiger partial charge in [0.25, 0.3) is 0 Å². The molecule has 1 atom stereocenters. The molecule has 1 aromatic rings. The molecule has 0 radical (unpaired) electrons. The number of aliphatic carboxylic acids is 1. The smallest absolute Gasteiger partial charge is 0.311 e. The van der Waals surface area contributed by atoms with E-state index in [1.807, 2.05) is 0 Å². The SMILES string of the molecule is O=C1CC(C(=O)O)c2ccc(Cl)cc21. The lowest BCUT2D eigenvalue weighted by Crippen LogP contribution is -2.08. The summed E-state index contributed by atoms with van der Waals surface area (Å²) < 4.78 is 0. The molecule has 1 unspecified atom stereocenters. The molecular weight excluding hydrogens is 204 g/mol. The van der Waals surface area contributed by atoms with Gasteiger partial charge in [0.2, 0.25) is 0 Å². The van der Waals surface area contributed by atoms with Crippen LogP contribution in [0.2, 0.25) is 5.02 Å². The number of carbonyl (C=O) groups excluding carboxylic acids is 1. The van der Waals surface area contributed by atoms with Crippen LogP contribution in [0.1, 0.15) is 28.3 Å². The highest BCUT2D eigenvalue weighted by molar-refractivity contribution is 6.31. The largest absolute Gasteiger partial charge is 0.481 e. The van der Waals surface area contributed by atoms with E-state index in [0.29, 0.717) is 16.1 Å². The number of benzene rings is 1. The third kappa shape index (κ3) is 1.30. The summed E-state index contributed by atoms with van der Waals surface area (Å²) >= 11 is 5.72. The quantitative estimate of drug-likeness (QED) is 0.772. The molecule has 1 aliphatic rings. The Kier molecular flexibility index (Phi) is 2.04. The molecule has 0 saturated carbocycles. The number of halogens is 1. The van der Waals surface area contributed by atoms with Gasteiger partial charge in [0.1, 0.15) is 0 Å². The van der Waals surface area contributed by atoms with Crippen molar-refractivity contribution in [2.45, 2.75) is 12.3 Å². The Morgan fingerprint density at radius 3 is 2.86 bits per heavy atom. The summed E-state index contributed by atoms with van der Waals surface area (Å²) in [5.41, 5.74) is 1.02. The molecule has 0 heterocycles. The van der Waals surface area contributed by atoms with Gasteiger partial charge in [-0.25, -0.2) is 0 Å². The van der Waals surface area contributed by atoms with Gasteiger partial charge >= 0.3 is 5.97 Å². The van der Waals surface area contributed by atoms with Gasteiger partial charge in [-0.15, -0.1) is 0 Å². The molecule has 1 aromatic carbocycles. The van der Waals surface area contributed by atoms with Crippen LogP contribution < -0.4 is 0 Å². The fourth-order valence-corrected chi connectivity index (χ4v) is 1.87. The van der Waals surface area contributed by atoms with Crippen molar-refractivity contribution < 1.29 is 14.7 Å². The zero-order chi connectivity index (χ0) is 10.3. The van der Waals surface area contributed by atoms with Crippen LogP contribution in [-0.2, 0) is 4.79 Å². The van der Waals surface area contributed by atoms with Crippen molar-refractivity contribution in [2.24, 2.45) is 0 Å². The Labute approximate surface area is 85.3 Å². The number of Topliss-reactive ketones (excluding diaryl/α,β-unsaturated/α-hetero) is 1. The molecule has 3 nitrogen and oxygen atoms in total. The molecule has 0 aromatic heterocycles. The summed E-state index contributed by atoms with van der Waals surface area (Å²) in [7, 11) is 0. The molecule has 0 fully saturated rings. The summed E-state index contributed by atoms with van der Waals surface area (Å²) in [6, 6.07) is 4.75. The number of hydrogen-bond acceptors (Lipinski definition) is 2. The molecule has 14 heavy (non-hydrogen) atoms. The average molecular weight is 211 g/mol. The van der Waals surface area contributed by atoms with Crippen molar-refractivity contribution in [1.29, 1.82) is 0 Å². The Morgan fingerprint density at radius 2 is 2.21 bits per heavy atom. The fraction of sp³-hybridized carbons (Fsp3) is 0.200. The zero-order valence-electron chi connectivity index (χ0n) is 7.16. The predicted octanol–water partition coefficient (Wildman–Crippen LogP) is 2.09. The van der Waals surface area contributed by atoms with Crippen molar-refractivity contribution in [2.75, 3.05) is 0 Å². The molecule has 0 aliphatic heterocycles. The molecule has 0 saturated heterocycles. The standard InChI is InChI=1S/C10H7ClO3/c11-5-1-2-6-7(3-5)9(12)4-8(6)10(13)14/h1-3,8H,4H2,(H,13,14). The summed E-state index contributed by atoms with van der Waals surface area (Å²) in [6.07, 6.45) is 0.0466. The molecule has 1 aliphatic carbocycles. The second-order valence-corrected chi connectivity index (χ2v) is 3.69. The Hall–Kier alpha value is -1.35. The molecule has 0 bridgehead atoms. The predicted molar refractivity (Wildman–Crippen MR) is 50.8 cm³/mol. The monoisotopic (exact) mass is 210 g/mol. The van der Waals surface area contributed by atoms with Crippen LogP contribution in [0.15, 0.2) is 18.2 Å². The third-order valence-electron chi connectivity index (χ3n) is 2.38. The maximum Gasteiger partial charge on any atom is 0.311 e. The minimum Gasteiger partial charge on any atom is -0.481 e. The van der Waals surface area contributed by atoms with Gasteiger partial charge in [0.05, 0.1) is 5.92 Å². The number of ketones is 1. The van der Waals surface area contributed by atoms with Gasteiger partial charge in [-0.3, -0.25) is 9.59 Å². The van der Waals surface area contributed by atoms with Crippen molar-refractivity contribution in [3.63, 3.8) is 0 Å². The molecule has 0 amide bonds. The summed E-state index contributed by atoms with van der Waals surface area (Å²) in [6.45, 7) is 0. The Morgan fingerprint density at radius 1 is 1.50 bits per heavy atom. The van der Waals surface area contributed by atoms with Gasteiger partial charge < -0.3 is 5.11 Å². The van der Waals surface area contributed by atoms with Crippen molar-refractivity contribution >= 4 is 23.4 Å². The lowest BCUT2D eigenvalue weighted by molar-refractivity contribution is -0.138. The number of carboxylic acids is 1. The first-order valence-electron chi connectivity index (χ1n) is 4.15. The van der Waals surface area contributed by atoms with E-state index in [9.17, 15) is 9.59 Å². The number of carbonyl (C=O) groups is 2. The van der Waals surface area contributed by atoms with E-state index in [1.165, 1.54) is 6.07 Å². The second kappa shape index (κ2) is 3.10. The van der Waals surface area contributed by atoms with E-state index < -0.39 is 11.9 Å². The average Bonchev–Trinajstić information content (AvgIpc) is 2.44. The van der Waals surface area contributed by atoms with E-state index in [0.717, 1.165) is 0 Å². The van der Waals surface area contributed by atoms with E-state index in [4.69, 9.17) is 16.7 Å². The zero-order valence-corrected chi connectivity index (χ0v) is 7.91. The summed E-state index contributed by atoms with van der Waals surface area (Å²) in [5.74, 6) is -1.80. The Bertz CT molecular complexity index is 425. The van der Waals surface area contributed by atoms with E-state index in [2.05, 4.69) is 0 Å². The molecule has 4 heteroatoms. The van der Waals surface area contributed by atoms with Crippen LogP contribution in [0.3, 0.4) is 0 Å². The van der Waals surface area contributed by atoms with Crippen LogP contribution in [0, 0.1) is 0 Å². The summed E-state index contributed by atoms with van der Waals surface area (Å²) in [4.78, 5) is 22.2. The normalized spacial score (nSPS) is 19.5. The van der Waals surface area contributed by atoms with E-state index >= 15 is 0 Å². The molecule has 2 rings (SSSR count). The fourth-order valence-electron chi connectivity index (χ4n) is 1.70. The number of carboxylic acid groups (broad SMARTS) is 1. The highest BCUT2D eigenvalue weighted by Crippen LogP contribution is 2.34. The van der Waals surface area contributed by atoms with E-state index in [-0.39, 0.29) is 12.2 Å². The van der Waals surface area contributed by atoms with Crippen LogP contribution in [-0.4, -0.2) is 16.9 Å². The number of fused-ring (bicyclic) bond motifs is 1. The van der Waals surface area contributed by atoms with Crippen molar-refractivity contribution in [3.05, 3.63) is 34.3 Å². The highest BCUT2D eigenvalue weighted by atomic mass is 35.5. The molecule has 0 spiro atoms. The Balaban J connectivity index is 2.55. The van der Waals surface area contributed by atoms with Gasteiger partial charge in [0.15, 0.2) is 5.78 Å².